The van der Waals surface area contributed by atoms with Gasteiger partial charge in [0.2, 0.25) is 0 Å². The fourth-order valence-electron chi connectivity index (χ4n) is 2.50. The summed E-state index contributed by atoms with van der Waals surface area (Å²) in [6, 6.07) is 15.4. The number of aryl methyl sites for hydroxylation is 1. The Hall–Kier alpha value is -1.41. The Labute approximate surface area is 105 Å². The van der Waals surface area contributed by atoms with Crippen LogP contribution in [0.15, 0.2) is 47.4 Å². The minimum absolute atomic E-state index is 1.02. The summed E-state index contributed by atoms with van der Waals surface area (Å²) in [4.78, 5) is 1.33. The summed E-state index contributed by atoms with van der Waals surface area (Å²) in [6.45, 7) is 3.22. The first-order valence-corrected chi connectivity index (χ1v) is 7.12. The van der Waals surface area contributed by atoms with Crippen LogP contribution in [0.5, 0.6) is 0 Å². The number of hydrogen-bond acceptors (Lipinski definition) is 1. The Bertz CT molecular complexity index is 682. The molecule has 1 aromatic heterocycles. The summed E-state index contributed by atoms with van der Waals surface area (Å²) in [5.41, 5.74) is 2.68. The number of para-hydroxylation sites is 1. The largest absolute Gasteiger partial charge is 0.341 e. The van der Waals surface area contributed by atoms with Crippen LogP contribution in [0.1, 0.15) is 6.92 Å². The van der Waals surface area contributed by atoms with Crippen LogP contribution in [-0.2, 0) is 6.54 Å². The van der Waals surface area contributed by atoms with Crippen molar-refractivity contribution in [1.29, 1.82) is 0 Å². The number of hydrogen-bond donors (Lipinski definition) is 0. The van der Waals surface area contributed by atoms with Gasteiger partial charge in [0.05, 0.1) is 5.52 Å². The molecule has 3 rings (SSSR count). The smallest absolute Gasteiger partial charge is 0.0502 e. The second kappa shape index (κ2) is 4.11. The average Bonchev–Trinajstić information content (AvgIpc) is 2.71. The van der Waals surface area contributed by atoms with Gasteiger partial charge in [-0.15, -0.1) is 11.8 Å². The second-order valence-electron chi connectivity index (χ2n) is 4.14. The Morgan fingerprint density at radius 3 is 2.53 bits per heavy atom. The third-order valence-corrected chi connectivity index (χ3v) is 4.02. The lowest BCUT2D eigenvalue weighted by Gasteiger charge is -2.03. The first-order chi connectivity index (χ1) is 8.35. The fraction of sp³-hybridized carbons (Fsp3) is 0.200. The van der Waals surface area contributed by atoms with Gasteiger partial charge in [-0.2, -0.15) is 0 Å². The number of thioether (sulfide) groups is 1. The summed E-state index contributed by atoms with van der Waals surface area (Å²) < 4.78 is 2.39. The molecular formula is C15H15NS. The molecule has 0 unspecified atom stereocenters. The van der Waals surface area contributed by atoms with E-state index in [0.717, 1.165) is 6.54 Å². The Balaban J connectivity index is 2.49. The highest BCUT2D eigenvalue weighted by atomic mass is 32.2. The monoisotopic (exact) mass is 241 g/mol. The molecular weight excluding hydrogens is 226 g/mol. The maximum atomic E-state index is 2.39. The van der Waals surface area contributed by atoms with E-state index in [2.05, 4.69) is 60.2 Å². The zero-order valence-corrected chi connectivity index (χ0v) is 10.9. The molecule has 17 heavy (non-hydrogen) atoms. The number of aromatic nitrogens is 1. The standard InChI is InChI=1S/C15H15NS/c1-3-16-14-7-5-4-6-12(14)13-9-8-11(17-2)10-15(13)16/h4-10H,3H2,1-2H3. The van der Waals surface area contributed by atoms with E-state index >= 15 is 0 Å². The highest BCUT2D eigenvalue weighted by Gasteiger charge is 2.08. The van der Waals surface area contributed by atoms with E-state index < -0.39 is 0 Å². The lowest BCUT2D eigenvalue weighted by atomic mass is 10.2. The molecule has 0 amide bonds. The van der Waals surface area contributed by atoms with Crippen molar-refractivity contribution in [1.82, 2.24) is 4.57 Å². The van der Waals surface area contributed by atoms with Crippen molar-refractivity contribution >= 4 is 33.6 Å². The lowest BCUT2D eigenvalue weighted by Crippen LogP contribution is -1.92. The van der Waals surface area contributed by atoms with Crippen molar-refractivity contribution in [2.75, 3.05) is 6.26 Å². The van der Waals surface area contributed by atoms with E-state index in [-0.39, 0.29) is 0 Å². The molecule has 1 heterocycles. The quantitative estimate of drug-likeness (QED) is 0.596. The van der Waals surface area contributed by atoms with Crippen molar-refractivity contribution in [3.8, 4) is 0 Å². The molecule has 2 aromatic carbocycles. The van der Waals surface area contributed by atoms with Gasteiger partial charge in [0.25, 0.3) is 0 Å². The number of nitrogens with zero attached hydrogens (tertiary/aromatic N) is 1. The Morgan fingerprint density at radius 2 is 1.76 bits per heavy atom. The predicted octanol–water partition coefficient (Wildman–Crippen LogP) is 4.54. The summed E-state index contributed by atoms with van der Waals surface area (Å²) >= 11 is 1.80. The molecule has 2 heteroatoms. The summed E-state index contributed by atoms with van der Waals surface area (Å²) in [7, 11) is 0. The van der Waals surface area contributed by atoms with Crippen LogP contribution in [-0.4, -0.2) is 10.8 Å². The number of benzene rings is 2. The van der Waals surface area contributed by atoms with Gasteiger partial charge in [-0.25, -0.2) is 0 Å². The third-order valence-electron chi connectivity index (χ3n) is 3.30. The van der Waals surface area contributed by atoms with E-state index in [4.69, 9.17) is 0 Å². The van der Waals surface area contributed by atoms with Crippen LogP contribution < -0.4 is 0 Å². The Kier molecular flexibility index (Phi) is 2.60. The van der Waals surface area contributed by atoms with Gasteiger partial charge in [-0.05, 0) is 31.4 Å². The van der Waals surface area contributed by atoms with Crippen molar-refractivity contribution in [3.05, 3.63) is 42.5 Å². The first-order valence-electron chi connectivity index (χ1n) is 5.90. The summed E-state index contributed by atoms with van der Waals surface area (Å²) in [5, 5.41) is 2.72. The summed E-state index contributed by atoms with van der Waals surface area (Å²) in [5.74, 6) is 0. The second-order valence-corrected chi connectivity index (χ2v) is 5.02. The molecule has 86 valence electrons. The van der Waals surface area contributed by atoms with Gasteiger partial charge < -0.3 is 4.57 Å². The zero-order chi connectivity index (χ0) is 11.8. The van der Waals surface area contributed by atoms with Gasteiger partial charge in [0.15, 0.2) is 0 Å². The van der Waals surface area contributed by atoms with E-state index in [0.29, 0.717) is 0 Å². The number of rotatable bonds is 2. The average molecular weight is 241 g/mol. The van der Waals surface area contributed by atoms with Crippen molar-refractivity contribution in [3.63, 3.8) is 0 Å². The third kappa shape index (κ3) is 1.55. The van der Waals surface area contributed by atoms with Crippen molar-refractivity contribution < 1.29 is 0 Å². The molecule has 1 nitrogen and oxygen atoms in total. The summed E-state index contributed by atoms with van der Waals surface area (Å²) in [6.07, 6.45) is 2.13. The van der Waals surface area contributed by atoms with Crippen LogP contribution in [0.4, 0.5) is 0 Å². The minimum Gasteiger partial charge on any atom is -0.341 e. The highest BCUT2D eigenvalue weighted by Crippen LogP contribution is 2.31. The normalized spacial score (nSPS) is 11.4. The molecule has 0 aliphatic carbocycles. The topological polar surface area (TPSA) is 4.93 Å². The molecule has 0 fully saturated rings. The number of fused-ring (bicyclic) bond motifs is 3. The first kappa shape index (κ1) is 10.7. The van der Waals surface area contributed by atoms with Gasteiger partial charge in [-0.3, -0.25) is 0 Å². The van der Waals surface area contributed by atoms with Crippen LogP contribution in [0.3, 0.4) is 0 Å². The van der Waals surface area contributed by atoms with Crippen LogP contribution >= 0.6 is 11.8 Å². The molecule has 0 N–H and O–H groups in total. The van der Waals surface area contributed by atoms with Crippen LogP contribution in [0.25, 0.3) is 21.8 Å². The SMILES string of the molecule is CCn1c2ccccc2c2ccc(SC)cc21. The van der Waals surface area contributed by atoms with E-state index in [1.54, 1.807) is 11.8 Å². The van der Waals surface area contributed by atoms with Gasteiger partial charge in [-0.1, -0.05) is 24.3 Å². The van der Waals surface area contributed by atoms with E-state index in [9.17, 15) is 0 Å². The van der Waals surface area contributed by atoms with E-state index in [1.165, 1.54) is 26.7 Å². The van der Waals surface area contributed by atoms with Crippen molar-refractivity contribution in [2.45, 2.75) is 18.4 Å². The molecule has 3 aromatic rings. The Morgan fingerprint density at radius 1 is 1.00 bits per heavy atom. The van der Waals surface area contributed by atoms with Crippen LogP contribution in [0, 0.1) is 0 Å². The molecule has 0 saturated heterocycles. The molecule has 0 bridgehead atoms. The molecule has 0 aliphatic rings. The molecule has 0 spiro atoms. The molecule has 0 radical (unpaired) electrons. The highest BCUT2D eigenvalue weighted by molar-refractivity contribution is 7.98. The lowest BCUT2D eigenvalue weighted by molar-refractivity contribution is 0.826. The molecule has 0 atom stereocenters. The maximum absolute atomic E-state index is 2.39. The maximum Gasteiger partial charge on any atom is 0.0502 e. The van der Waals surface area contributed by atoms with Crippen molar-refractivity contribution in [2.24, 2.45) is 0 Å². The van der Waals surface area contributed by atoms with Gasteiger partial charge >= 0.3 is 0 Å². The minimum atomic E-state index is 1.02. The van der Waals surface area contributed by atoms with Gasteiger partial charge in [0.1, 0.15) is 0 Å². The van der Waals surface area contributed by atoms with Gasteiger partial charge in [0, 0.05) is 27.7 Å². The predicted molar refractivity (Wildman–Crippen MR) is 76.9 cm³/mol. The molecule has 0 aliphatic heterocycles. The van der Waals surface area contributed by atoms with E-state index in [1.807, 2.05) is 0 Å². The molecule has 0 saturated carbocycles. The van der Waals surface area contributed by atoms with Crippen LogP contribution in [0.2, 0.25) is 0 Å². The zero-order valence-electron chi connectivity index (χ0n) is 10.1. The fourth-order valence-corrected chi connectivity index (χ4v) is 2.93.